The van der Waals surface area contributed by atoms with Crippen LogP contribution in [0.3, 0.4) is 0 Å². The number of halogens is 2. The molecule has 3 rings (SSSR count). The van der Waals surface area contributed by atoms with Gasteiger partial charge in [-0.15, -0.1) is 0 Å². The lowest BCUT2D eigenvalue weighted by atomic mass is 9.86. The molecule has 0 spiro atoms. The van der Waals surface area contributed by atoms with Gasteiger partial charge < -0.3 is 0 Å². The first-order valence-electron chi connectivity index (χ1n) is 11.0. The highest BCUT2D eigenvalue weighted by atomic mass is 79.9. The second kappa shape index (κ2) is 9.93. The molecule has 0 atom stereocenters. The predicted molar refractivity (Wildman–Crippen MR) is 150 cm³/mol. The molecule has 166 valence electrons. The summed E-state index contributed by atoms with van der Waals surface area (Å²) >= 11 is 7.49. The molecule has 0 radical (unpaired) electrons. The van der Waals surface area contributed by atoms with Gasteiger partial charge in [-0.2, -0.15) is 0 Å². The molecule has 3 aromatic rings. The van der Waals surface area contributed by atoms with E-state index in [2.05, 4.69) is 158 Å². The van der Waals surface area contributed by atoms with Crippen molar-refractivity contribution in [3.8, 4) is 0 Å². The van der Waals surface area contributed by atoms with Crippen LogP contribution in [0.5, 0.6) is 0 Å². The Hall–Kier alpha value is -1.90. The summed E-state index contributed by atoms with van der Waals surface area (Å²) in [7, 11) is 0. The largest absolute Gasteiger partial charge is 0.0579 e. The van der Waals surface area contributed by atoms with Gasteiger partial charge in [0.25, 0.3) is 0 Å². The number of hydrogen-bond acceptors (Lipinski definition) is 0. The summed E-state index contributed by atoms with van der Waals surface area (Å²) in [5.74, 6) is 0. The lowest BCUT2D eigenvalue weighted by molar-refractivity contribution is 0.590. The quantitative estimate of drug-likeness (QED) is 0.283. The third-order valence-corrected chi connectivity index (χ3v) is 6.95. The lowest BCUT2D eigenvalue weighted by Crippen LogP contribution is -2.10. The Morgan fingerprint density at radius 3 is 1.09 bits per heavy atom. The lowest BCUT2D eigenvalue weighted by Gasteiger charge is -2.18. The van der Waals surface area contributed by atoms with E-state index in [1.807, 2.05) is 0 Å². The van der Waals surface area contributed by atoms with Gasteiger partial charge in [0.1, 0.15) is 0 Å². The molecule has 0 bridgehead atoms. The van der Waals surface area contributed by atoms with E-state index in [1.54, 1.807) is 0 Å². The highest BCUT2D eigenvalue weighted by Gasteiger charge is 2.13. The SMILES string of the molecule is CC(C)(C)c1ccc(/C=C/c2cc(Br)c(/C=C/c3ccc(C(C)(C)C)cc3)cc2Br)cc1. The van der Waals surface area contributed by atoms with Crippen molar-refractivity contribution in [2.75, 3.05) is 0 Å². The minimum absolute atomic E-state index is 0.175. The first-order chi connectivity index (χ1) is 14.9. The fourth-order valence-electron chi connectivity index (χ4n) is 3.39. The van der Waals surface area contributed by atoms with Crippen LogP contribution in [0, 0.1) is 0 Å². The molecule has 0 nitrogen and oxygen atoms in total. The summed E-state index contributed by atoms with van der Waals surface area (Å²) in [5.41, 5.74) is 7.73. The van der Waals surface area contributed by atoms with Gasteiger partial charge in [0.15, 0.2) is 0 Å². The van der Waals surface area contributed by atoms with Crippen LogP contribution in [0.15, 0.2) is 69.6 Å². The van der Waals surface area contributed by atoms with Crippen molar-refractivity contribution in [2.24, 2.45) is 0 Å². The summed E-state index contributed by atoms with van der Waals surface area (Å²) in [6.45, 7) is 13.4. The zero-order valence-corrected chi connectivity index (χ0v) is 23.0. The van der Waals surface area contributed by atoms with Crippen LogP contribution in [0.2, 0.25) is 0 Å². The molecule has 0 unspecified atom stereocenters. The fraction of sp³-hybridized carbons (Fsp3) is 0.267. The Labute approximate surface area is 210 Å². The van der Waals surface area contributed by atoms with Crippen LogP contribution < -0.4 is 0 Å². The average Bonchev–Trinajstić information content (AvgIpc) is 2.72. The van der Waals surface area contributed by atoms with Gasteiger partial charge in [-0.25, -0.2) is 0 Å². The summed E-state index contributed by atoms with van der Waals surface area (Å²) in [4.78, 5) is 0. The van der Waals surface area contributed by atoms with Crippen molar-refractivity contribution >= 4 is 56.2 Å². The van der Waals surface area contributed by atoms with Gasteiger partial charge in [0.2, 0.25) is 0 Å². The van der Waals surface area contributed by atoms with Crippen LogP contribution in [0.25, 0.3) is 24.3 Å². The number of benzene rings is 3. The second-order valence-electron chi connectivity index (χ2n) is 10.3. The van der Waals surface area contributed by atoms with E-state index in [0.29, 0.717) is 0 Å². The molecule has 0 aliphatic heterocycles. The van der Waals surface area contributed by atoms with Crippen molar-refractivity contribution in [3.05, 3.63) is 103 Å². The first-order valence-corrected chi connectivity index (χ1v) is 12.6. The second-order valence-corrected chi connectivity index (χ2v) is 12.0. The molecule has 2 heteroatoms. The Morgan fingerprint density at radius 1 is 0.500 bits per heavy atom. The van der Waals surface area contributed by atoms with Crippen molar-refractivity contribution < 1.29 is 0 Å². The molecular formula is C30H32Br2. The molecule has 0 fully saturated rings. The Morgan fingerprint density at radius 2 is 0.812 bits per heavy atom. The van der Waals surface area contributed by atoms with Crippen LogP contribution in [0.4, 0.5) is 0 Å². The zero-order valence-electron chi connectivity index (χ0n) is 19.8. The maximum atomic E-state index is 3.74. The third-order valence-electron chi connectivity index (χ3n) is 5.58. The monoisotopic (exact) mass is 550 g/mol. The zero-order chi connectivity index (χ0) is 23.5. The van der Waals surface area contributed by atoms with Crippen molar-refractivity contribution in [3.63, 3.8) is 0 Å². The standard InChI is InChI=1S/C30H32Br2/c1-29(2,3)25-15-9-21(10-16-25)7-13-23-19-28(32)24(20-27(23)31)14-8-22-11-17-26(18-12-22)30(4,5)6/h7-20H,1-6H3/b13-7+,14-8+. The maximum Gasteiger partial charge on any atom is 0.0254 e. The number of hydrogen-bond donors (Lipinski definition) is 0. The van der Waals surface area contributed by atoms with E-state index in [9.17, 15) is 0 Å². The average molecular weight is 552 g/mol. The molecule has 0 aliphatic carbocycles. The predicted octanol–water partition coefficient (Wildman–Crippen LogP) is 10.1. The van der Waals surface area contributed by atoms with Gasteiger partial charge in [0, 0.05) is 8.95 Å². The topological polar surface area (TPSA) is 0 Å². The van der Waals surface area contributed by atoms with E-state index >= 15 is 0 Å². The highest BCUT2D eigenvalue weighted by Crippen LogP contribution is 2.30. The molecule has 0 heterocycles. The van der Waals surface area contributed by atoms with E-state index in [1.165, 1.54) is 22.3 Å². The highest BCUT2D eigenvalue weighted by molar-refractivity contribution is 9.11. The molecule has 3 aromatic carbocycles. The van der Waals surface area contributed by atoms with Crippen molar-refractivity contribution in [1.82, 2.24) is 0 Å². The van der Waals surface area contributed by atoms with Gasteiger partial charge in [0.05, 0.1) is 0 Å². The van der Waals surface area contributed by atoms with Gasteiger partial charge in [-0.1, -0.05) is 146 Å². The summed E-state index contributed by atoms with van der Waals surface area (Å²) < 4.78 is 2.15. The Bertz CT molecular complexity index is 1020. The fourth-order valence-corrected chi connectivity index (χ4v) is 4.38. The van der Waals surface area contributed by atoms with Crippen LogP contribution in [0.1, 0.15) is 74.9 Å². The minimum Gasteiger partial charge on any atom is -0.0579 e. The van der Waals surface area contributed by atoms with Crippen molar-refractivity contribution in [1.29, 1.82) is 0 Å². The normalized spacial score (nSPS) is 12.8. The van der Waals surface area contributed by atoms with Crippen LogP contribution in [-0.4, -0.2) is 0 Å². The molecule has 0 amide bonds. The Balaban J connectivity index is 1.76. The van der Waals surface area contributed by atoms with E-state index in [-0.39, 0.29) is 10.8 Å². The molecule has 0 saturated carbocycles. The molecule has 0 N–H and O–H groups in total. The summed E-state index contributed by atoms with van der Waals surface area (Å²) in [6.07, 6.45) is 8.62. The Kier molecular flexibility index (Phi) is 7.68. The van der Waals surface area contributed by atoms with E-state index in [4.69, 9.17) is 0 Å². The van der Waals surface area contributed by atoms with Gasteiger partial charge in [-0.05, 0) is 56.3 Å². The van der Waals surface area contributed by atoms with E-state index < -0.39 is 0 Å². The number of rotatable bonds is 4. The molecule has 0 aromatic heterocycles. The van der Waals surface area contributed by atoms with Gasteiger partial charge in [-0.3, -0.25) is 0 Å². The molecule has 0 saturated heterocycles. The van der Waals surface area contributed by atoms with Gasteiger partial charge >= 0.3 is 0 Å². The van der Waals surface area contributed by atoms with Crippen LogP contribution in [-0.2, 0) is 10.8 Å². The maximum absolute atomic E-state index is 3.74. The summed E-state index contributed by atoms with van der Waals surface area (Å²) in [6, 6.07) is 21.9. The molecule has 0 aliphatic rings. The first kappa shape index (κ1) is 24.7. The molecule has 32 heavy (non-hydrogen) atoms. The molecular weight excluding hydrogens is 520 g/mol. The minimum atomic E-state index is 0.175. The van der Waals surface area contributed by atoms with Crippen molar-refractivity contribution in [2.45, 2.75) is 52.4 Å². The summed E-state index contributed by atoms with van der Waals surface area (Å²) in [5, 5.41) is 0. The third kappa shape index (κ3) is 6.56. The smallest absolute Gasteiger partial charge is 0.0254 e. The van der Waals surface area contributed by atoms with E-state index in [0.717, 1.165) is 20.1 Å². The van der Waals surface area contributed by atoms with Crippen LogP contribution >= 0.6 is 31.9 Å².